The van der Waals surface area contributed by atoms with E-state index in [1.54, 1.807) is 13.8 Å². The quantitative estimate of drug-likeness (QED) is 0.420. The number of ether oxygens (including phenoxy) is 3. The van der Waals surface area contributed by atoms with E-state index in [2.05, 4.69) is 24.3 Å². The third-order valence-corrected chi connectivity index (χ3v) is 4.43. The Morgan fingerprint density at radius 3 is 2.00 bits per heavy atom. The van der Waals surface area contributed by atoms with Crippen molar-refractivity contribution in [3.63, 3.8) is 0 Å². The van der Waals surface area contributed by atoms with Crippen LogP contribution in [0, 0.1) is 0 Å². The van der Waals surface area contributed by atoms with Gasteiger partial charge in [0.25, 0.3) is 0 Å². The van der Waals surface area contributed by atoms with Crippen LogP contribution in [0.4, 0.5) is 0 Å². The van der Waals surface area contributed by atoms with Gasteiger partial charge in [0.1, 0.15) is 5.60 Å². The number of benzene rings is 2. The number of unbranched alkanes of at least 4 members (excludes halogenated alkanes) is 1. The molecular weight excluding hydrogens is 392 g/mol. The minimum absolute atomic E-state index is 0.0253. The lowest BCUT2D eigenvalue weighted by molar-refractivity contribution is -0.149. The van der Waals surface area contributed by atoms with Gasteiger partial charge in [-0.05, 0) is 31.4 Å². The van der Waals surface area contributed by atoms with E-state index in [-0.39, 0.29) is 11.5 Å². The van der Waals surface area contributed by atoms with Gasteiger partial charge in [-0.25, -0.2) is 4.79 Å². The van der Waals surface area contributed by atoms with Crippen molar-refractivity contribution in [1.29, 1.82) is 0 Å². The smallest absolute Gasteiger partial charge is 0.373 e. The molecule has 3 rings (SSSR count). The lowest BCUT2D eigenvalue weighted by Crippen LogP contribution is -2.33. The molecule has 0 aromatic heterocycles. The molecule has 0 bridgehead atoms. The largest absolute Gasteiger partial charge is 0.480 e. The van der Waals surface area contributed by atoms with E-state index >= 15 is 0 Å². The maximum absolute atomic E-state index is 11.5. The number of hydrogen-bond acceptors (Lipinski definition) is 5. The summed E-state index contributed by atoms with van der Waals surface area (Å²) in [6, 6.07) is 20.4. The fourth-order valence-electron chi connectivity index (χ4n) is 2.90. The highest BCUT2D eigenvalue weighted by Crippen LogP contribution is 2.25. The van der Waals surface area contributed by atoms with E-state index in [0.717, 1.165) is 12.8 Å². The Morgan fingerprint density at radius 2 is 1.52 bits per heavy atom. The van der Waals surface area contributed by atoms with E-state index in [1.165, 1.54) is 17.2 Å². The zero-order chi connectivity index (χ0) is 22.5. The minimum Gasteiger partial charge on any atom is -0.480 e. The molecule has 1 aliphatic heterocycles. The number of carbonyl (C=O) groups excluding carboxylic acids is 2. The summed E-state index contributed by atoms with van der Waals surface area (Å²) in [6.07, 6.45) is 3.28. The third kappa shape index (κ3) is 9.62. The van der Waals surface area contributed by atoms with E-state index in [1.807, 2.05) is 43.3 Å². The Bertz CT molecular complexity index is 801. The summed E-state index contributed by atoms with van der Waals surface area (Å²) < 4.78 is 16.0. The van der Waals surface area contributed by atoms with Crippen LogP contribution in [-0.2, 0) is 37.0 Å². The highest BCUT2D eigenvalue weighted by Gasteiger charge is 2.32. The number of allylic oxidation sites excluding steroid dienone is 1. The summed E-state index contributed by atoms with van der Waals surface area (Å²) in [7, 11) is 0. The average Bonchev–Trinajstić information content (AvgIpc) is 2.74. The minimum atomic E-state index is -0.620. The summed E-state index contributed by atoms with van der Waals surface area (Å²) >= 11 is 0. The molecule has 2 aromatic rings. The van der Waals surface area contributed by atoms with Crippen molar-refractivity contribution >= 4 is 11.8 Å². The molecule has 0 fully saturated rings. The lowest BCUT2D eigenvalue weighted by Gasteiger charge is -2.29. The van der Waals surface area contributed by atoms with Crippen molar-refractivity contribution in [3.8, 4) is 0 Å². The molecule has 166 valence electrons. The van der Waals surface area contributed by atoms with E-state index in [9.17, 15) is 9.59 Å². The second kappa shape index (κ2) is 12.7. The average molecular weight is 425 g/mol. The molecular formula is C26H32O5. The lowest BCUT2D eigenvalue weighted by atomic mass is 9.98. The second-order valence-corrected chi connectivity index (χ2v) is 7.97. The van der Waals surface area contributed by atoms with Crippen molar-refractivity contribution < 1.29 is 23.8 Å². The maximum Gasteiger partial charge on any atom is 0.373 e. The van der Waals surface area contributed by atoms with Crippen LogP contribution in [0.15, 0.2) is 72.5 Å². The van der Waals surface area contributed by atoms with Crippen LogP contribution in [0.25, 0.3) is 0 Å². The Balaban J connectivity index is 0.000000220. The molecule has 0 saturated heterocycles. The van der Waals surface area contributed by atoms with Gasteiger partial charge in [0.15, 0.2) is 5.78 Å². The van der Waals surface area contributed by atoms with Crippen molar-refractivity contribution in [2.45, 2.75) is 58.8 Å². The number of carbonyl (C=O) groups is 2. The molecule has 5 nitrogen and oxygen atoms in total. The SMILES string of the molecule is CCCCOC(=O)C1=CC(=O)CC(C)(C)O1.c1ccc(COCc2ccccc2)cc1. The van der Waals surface area contributed by atoms with Gasteiger partial charge in [-0.3, -0.25) is 4.79 Å². The van der Waals surface area contributed by atoms with Crippen molar-refractivity contribution in [1.82, 2.24) is 0 Å². The zero-order valence-electron chi connectivity index (χ0n) is 18.6. The molecule has 0 unspecified atom stereocenters. The molecule has 0 atom stereocenters. The van der Waals surface area contributed by atoms with Gasteiger partial charge in [-0.1, -0.05) is 74.0 Å². The van der Waals surface area contributed by atoms with Gasteiger partial charge < -0.3 is 14.2 Å². The molecule has 1 heterocycles. The molecule has 0 saturated carbocycles. The molecule has 2 aromatic carbocycles. The van der Waals surface area contributed by atoms with Crippen LogP contribution in [0.3, 0.4) is 0 Å². The Hall–Kier alpha value is -2.92. The summed E-state index contributed by atoms with van der Waals surface area (Å²) in [6.45, 7) is 7.28. The number of ketones is 1. The second-order valence-electron chi connectivity index (χ2n) is 7.97. The third-order valence-electron chi connectivity index (χ3n) is 4.43. The van der Waals surface area contributed by atoms with Gasteiger partial charge in [0, 0.05) is 12.5 Å². The molecule has 0 aliphatic carbocycles. The van der Waals surface area contributed by atoms with Crippen molar-refractivity contribution in [3.05, 3.63) is 83.6 Å². The van der Waals surface area contributed by atoms with E-state index in [4.69, 9.17) is 14.2 Å². The fourth-order valence-corrected chi connectivity index (χ4v) is 2.90. The van der Waals surface area contributed by atoms with Crippen LogP contribution in [-0.4, -0.2) is 24.0 Å². The summed E-state index contributed by atoms with van der Waals surface area (Å²) in [5.74, 6) is -0.620. The summed E-state index contributed by atoms with van der Waals surface area (Å²) in [4.78, 5) is 22.9. The fraction of sp³-hybridized carbons (Fsp3) is 0.385. The number of rotatable bonds is 8. The zero-order valence-corrected chi connectivity index (χ0v) is 18.6. The predicted octanol–water partition coefficient (Wildman–Crippen LogP) is 5.39. The molecule has 0 N–H and O–H groups in total. The van der Waals surface area contributed by atoms with Crippen LogP contribution >= 0.6 is 0 Å². The normalized spacial score (nSPS) is 14.5. The van der Waals surface area contributed by atoms with Gasteiger partial charge in [0.05, 0.1) is 19.8 Å². The van der Waals surface area contributed by atoms with Crippen LogP contribution in [0.1, 0.15) is 51.2 Å². The first-order valence-electron chi connectivity index (χ1n) is 10.7. The molecule has 31 heavy (non-hydrogen) atoms. The van der Waals surface area contributed by atoms with Crippen LogP contribution < -0.4 is 0 Å². The highest BCUT2D eigenvalue weighted by atomic mass is 16.6. The Labute approximate surface area is 185 Å². The Kier molecular flexibility index (Phi) is 9.98. The van der Waals surface area contributed by atoms with Crippen molar-refractivity contribution in [2.75, 3.05) is 6.61 Å². The van der Waals surface area contributed by atoms with Gasteiger partial charge in [-0.15, -0.1) is 0 Å². The summed E-state index contributed by atoms with van der Waals surface area (Å²) in [5, 5.41) is 0. The van der Waals surface area contributed by atoms with Crippen LogP contribution in [0.5, 0.6) is 0 Å². The number of hydrogen-bond donors (Lipinski definition) is 0. The molecule has 1 aliphatic rings. The van der Waals surface area contributed by atoms with Crippen molar-refractivity contribution in [2.24, 2.45) is 0 Å². The predicted molar refractivity (Wildman–Crippen MR) is 120 cm³/mol. The first kappa shape index (κ1) is 24.4. The van der Waals surface area contributed by atoms with E-state index < -0.39 is 11.6 Å². The molecule has 0 amide bonds. The summed E-state index contributed by atoms with van der Waals surface area (Å²) in [5.41, 5.74) is 1.81. The number of esters is 1. The monoisotopic (exact) mass is 424 g/mol. The topological polar surface area (TPSA) is 61.8 Å². The molecule has 5 heteroatoms. The standard InChI is InChI=1S/C14H14O.C12H18O4/c1-3-7-13(8-4-1)11-15-12-14-9-5-2-6-10-14;1-4-5-6-15-11(14)10-7-9(13)8-12(2,3)16-10/h1-10H,11-12H2;7H,4-6,8H2,1-3H3. The maximum atomic E-state index is 11.5. The molecule has 0 radical (unpaired) electrons. The van der Waals surface area contributed by atoms with Gasteiger partial charge in [-0.2, -0.15) is 0 Å². The first-order chi connectivity index (χ1) is 14.9. The van der Waals surface area contributed by atoms with Gasteiger partial charge in [0.2, 0.25) is 5.76 Å². The van der Waals surface area contributed by atoms with Crippen LogP contribution in [0.2, 0.25) is 0 Å². The Morgan fingerprint density at radius 1 is 0.968 bits per heavy atom. The highest BCUT2D eigenvalue weighted by molar-refractivity contribution is 5.99. The molecule has 0 spiro atoms. The first-order valence-corrected chi connectivity index (χ1v) is 10.7. The van der Waals surface area contributed by atoms with E-state index in [0.29, 0.717) is 26.2 Å². The van der Waals surface area contributed by atoms with Gasteiger partial charge >= 0.3 is 5.97 Å².